The molecule has 1 N–H and O–H groups in total. The summed E-state index contributed by atoms with van der Waals surface area (Å²) in [6.07, 6.45) is 3.93. The number of fused-ring (bicyclic) bond motifs is 2. The molecule has 0 saturated heterocycles. The van der Waals surface area contributed by atoms with Gasteiger partial charge in [-0.1, -0.05) is 0 Å². The Balaban J connectivity index is 1.72. The van der Waals surface area contributed by atoms with Crippen LogP contribution >= 0.6 is 11.3 Å². The van der Waals surface area contributed by atoms with Gasteiger partial charge in [-0.05, 0) is 82.2 Å². The lowest BCUT2D eigenvalue weighted by molar-refractivity contribution is 0.0526. The summed E-state index contributed by atoms with van der Waals surface area (Å²) in [5, 5.41) is 4.44. The maximum Gasteiger partial charge on any atom is 0.341 e. The van der Waals surface area contributed by atoms with Gasteiger partial charge in [0.2, 0.25) is 0 Å². The molecule has 1 aliphatic rings. The number of aryl methyl sites for hydroxylation is 4. The van der Waals surface area contributed by atoms with Crippen LogP contribution in [0.2, 0.25) is 0 Å². The SMILES string of the molecule is CCOC(=O)c1c(NC(=O)c2oc3cc(C)c(C)cc3c2C)sc2c1CCCC2. The number of nitrogens with one attached hydrogen (secondary N) is 1. The summed E-state index contributed by atoms with van der Waals surface area (Å²) in [6.45, 7) is 8.05. The highest BCUT2D eigenvalue weighted by atomic mass is 32.1. The summed E-state index contributed by atoms with van der Waals surface area (Å²) in [7, 11) is 0. The Labute approximate surface area is 174 Å². The molecule has 152 valence electrons. The quantitative estimate of drug-likeness (QED) is 0.557. The molecule has 29 heavy (non-hydrogen) atoms. The largest absolute Gasteiger partial charge is 0.462 e. The van der Waals surface area contributed by atoms with E-state index in [-0.39, 0.29) is 17.6 Å². The zero-order chi connectivity index (χ0) is 20.7. The maximum absolute atomic E-state index is 13.1. The Morgan fingerprint density at radius 2 is 1.86 bits per heavy atom. The first-order chi connectivity index (χ1) is 13.9. The van der Waals surface area contributed by atoms with Gasteiger partial charge >= 0.3 is 5.97 Å². The molecule has 1 amide bonds. The molecular weight excluding hydrogens is 386 g/mol. The molecule has 0 aliphatic heterocycles. The van der Waals surface area contributed by atoms with Gasteiger partial charge in [0, 0.05) is 15.8 Å². The van der Waals surface area contributed by atoms with Crippen LogP contribution < -0.4 is 5.32 Å². The van der Waals surface area contributed by atoms with Gasteiger partial charge in [-0.25, -0.2) is 4.79 Å². The van der Waals surface area contributed by atoms with Gasteiger partial charge in [0.15, 0.2) is 5.76 Å². The molecular formula is C23H25NO4S. The summed E-state index contributed by atoms with van der Waals surface area (Å²) >= 11 is 1.48. The number of benzene rings is 1. The Morgan fingerprint density at radius 1 is 1.14 bits per heavy atom. The van der Waals surface area contributed by atoms with E-state index in [0.717, 1.165) is 53.3 Å². The second-order valence-electron chi connectivity index (χ2n) is 7.58. The number of furan rings is 1. The third-order valence-corrected chi connectivity index (χ3v) is 6.84. The molecule has 2 aromatic heterocycles. The highest BCUT2D eigenvalue weighted by Gasteiger charge is 2.28. The number of esters is 1. The number of rotatable bonds is 4. The monoisotopic (exact) mass is 411 g/mol. The first-order valence-corrected chi connectivity index (χ1v) is 10.9. The lowest BCUT2D eigenvalue weighted by atomic mass is 9.95. The topological polar surface area (TPSA) is 68.5 Å². The molecule has 5 nitrogen and oxygen atoms in total. The first kappa shape index (κ1) is 19.7. The Bertz CT molecular complexity index is 1120. The standard InChI is InChI=1S/C23H25NO4S/c1-5-27-23(26)19-15-8-6-7-9-18(15)29-22(19)24-21(25)20-14(4)16-10-12(2)13(3)11-17(16)28-20/h10-11H,5-9H2,1-4H3,(H,24,25). The van der Waals surface area contributed by atoms with Crippen LogP contribution in [0.3, 0.4) is 0 Å². The highest BCUT2D eigenvalue weighted by Crippen LogP contribution is 2.39. The van der Waals surface area contributed by atoms with Crippen LogP contribution in [0.15, 0.2) is 16.5 Å². The van der Waals surface area contributed by atoms with E-state index in [1.54, 1.807) is 6.92 Å². The molecule has 6 heteroatoms. The Morgan fingerprint density at radius 3 is 2.62 bits per heavy atom. The Hall–Kier alpha value is -2.60. The summed E-state index contributed by atoms with van der Waals surface area (Å²) in [4.78, 5) is 26.8. The fourth-order valence-corrected chi connectivity index (χ4v) is 5.20. The second-order valence-corrected chi connectivity index (χ2v) is 8.68. The van der Waals surface area contributed by atoms with Gasteiger partial charge in [0.05, 0.1) is 12.2 Å². The van der Waals surface area contributed by atoms with Crippen molar-refractivity contribution >= 4 is 39.2 Å². The fourth-order valence-electron chi connectivity index (χ4n) is 3.93. The van der Waals surface area contributed by atoms with Crippen molar-refractivity contribution in [1.29, 1.82) is 0 Å². The van der Waals surface area contributed by atoms with Gasteiger partial charge in [0.25, 0.3) is 5.91 Å². The molecule has 0 saturated carbocycles. The zero-order valence-corrected chi connectivity index (χ0v) is 18.0. The number of anilines is 1. The molecule has 0 unspecified atom stereocenters. The number of amides is 1. The van der Waals surface area contributed by atoms with Crippen LogP contribution in [0, 0.1) is 20.8 Å². The predicted octanol–water partition coefficient (Wildman–Crippen LogP) is 5.73. The first-order valence-electron chi connectivity index (χ1n) is 10.0. The third kappa shape index (κ3) is 3.46. The van der Waals surface area contributed by atoms with E-state index in [0.29, 0.717) is 22.8 Å². The fraction of sp³-hybridized carbons (Fsp3) is 0.391. The molecule has 1 aliphatic carbocycles. The molecule has 0 atom stereocenters. The minimum atomic E-state index is -0.366. The summed E-state index contributed by atoms with van der Waals surface area (Å²) in [5.74, 6) is -0.417. The molecule has 1 aromatic carbocycles. The molecule has 2 heterocycles. The van der Waals surface area contributed by atoms with Crippen LogP contribution in [0.4, 0.5) is 5.00 Å². The average molecular weight is 412 g/mol. The van der Waals surface area contributed by atoms with Crippen molar-refractivity contribution in [2.24, 2.45) is 0 Å². The van der Waals surface area contributed by atoms with Gasteiger partial charge in [-0.15, -0.1) is 11.3 Å². The van der Waals surface area contributed by atoms with E-state index in [4.69, 9.17) is 9.15 Å². The second kappa shape index (κ2) is 7.67. The van der Waals surface area contributed by atoms with Crippen molar-refractivity contribution < 1.29 is 18.7 Å². The van der Waals surface area contributed by atoms with Crippen molar-refractivity contribution in [3.05, 3.63) is 50.6 Å². The van der Waals surface area contributed by atoms with Crippen LogP contribution in [-0.2, 0) is 17.6 Å². The van der Waals surface area contributed by atoms with Gasteiger partial charge in [-0.2, -0.15) is 0 Å². The number of thiophene rings is 1. The number of hydrogen-bond donors (Lipinski definition) is 1. The van der Waals surface area contributed by atoms with E-state index in [9.17, 15) is 9.59 Å². The summed E-state index contributed by atoms with van der Waals surface area (Å²) in [5.41, 5.74) is 5.33. The number of hydrogen-bond acceptors (Lipinski definition) is 5. The normalized spacial score (nSPS) is 13.4. The van der Waals surface area contributed by atoms with Crippen molar-refractivity contribution in [2.45, 2.75) is 53.4 Å². The molecule has 3 aromatic rings. The van der Waals surface area contributed by atoms with E-state index < -0.39 is 0 Å². The molecule has 0 fully saturated rings. The average Bonchev–Trinajstić information content (AvgIpc) is 3.20. The summed E-state index contributed by atoms with van der Waals surface area (Å²) < 4.78 is 11.2. The van der Waals surface area contributed by atoms with Gasteiger partial charge in [0.1, 0.15) is 10.6 Å². The minimum absolute atomic E-state index is 0.284. The van der Waals surface area contributed by atoms with Crippen LogP contribution in [0.25, 0.3) is 11.0 Å². The third-order valence-electron chi connectivity index (χ3n) is 5.64. The Kier molecular flexibility index (Phi) is 5.21. The van der Waals surface area contributed by atoms with Crippen LogP contribution in [0.1, 0.15) is 67.8 Å². The predicted molar refractivity (Wildman–Crippen MR) is 115 cm³/mol. The van der Waals surface area contributed by atoms with E-state index in [1.807, 2.05) is 32.9 Å². The van der Waals surface area contributed by atoms with Crippen LogP contribution in [-0.4, -0.2) is 18.5 Å². The molecule has 0 spiro atoms. The van der Waals surface area contributed by atoms with Crippen molar-refractivity contribution in [3.8, 4) is 0 Å². The van der Waals surface area contributed by atoms with Crippen LogP contribution in [0.5, 0.6) is 0 Å². The summed E-state index contributed by atoms with van der Waals surface area (Å²) in [6, 6.07) is 4.01. The van der Waals surface area contributed by atoms with Gasteiger partial charge < -0.3 is 14.5 Å². The van der Waals surface area contributed by atoms with Crippen molar-refractivity contribution in [3.63, 3.8) is 0 Å². The number of carbonyl (C=O) groups is 2. The molecule has 0 bridgehead atoms. The van der Waals surface area contributed by atoms with Crippen molar-refractivity contribution in [2.75, 3.05) is 11.9 Å². The van der Waals surface area contributed by atoms with E-state index >= 15 is 0 Å². The van der Waals surface area contributed by atoms with E-state index in [1.165, 1.54) is 16.2 Å². The molecule has 4 rings (SSSR count). The minimum Gasteiger partial charge on any atom is -0.462 e. The highest BCUT2D eigenvalue weighted by molar-refractivity contribution is 7.17. The van der Waals surface area contributed by atoms with E-state index in [2.05, 4.69) is 5.32 Å². The van der Waals surface area contributed by atoms with Gasteiger partial charge in [-0.3, -0.25) is 4.79 Å². The molecule has 0 radical (unpaired) electrons. The maximum atomic E-state index is 13.1. The smallest absolute Gasteiger partial charge is 0.341 e. The lowest BCUT2D eigenvalue weighted by Crippen LogP contribution is -2.16. The lowest BCUT2D eigenvalue weighted by Gasteiger charge is -2.12. The number of ether oxygens (including phenoxy) is 1. The number of carbonyl (C=O) groups excluding carboxylic acids is 2. The zero-order valence-electron chi connectivity index (χ0n) is 17.2. The van der Waals surface area contributed by atoms with Crippen molar-refractivity contribution in [1.82, 2.24) is 0 Å².